The van der Waals surface area contributed by atoms with Crippen LogP contribution < -0.4 is 10.1 Å². The highest BCUT2D eigenvalue weighted by Gasteiger charge is 2.17. The number of carbonyl (C=O) groups excluding carboxylic acids is 1. The summed E-state index contributed by atoms with van der Waals surface area (Å²) in [5.74, 6) is 1.40. The molecule has 6 heteroatoms. The molecule has 0 saturated carbocycles. The quantitative estimate of drug-likeness (QED) is 0.781. The Hall–Kier alpha value is -1.92. The number of ether oxygens (including phenoxy) is 1. The molecule has 0 bridgehead atoms. The lowest BCUT2D eigenvalue weighted by Crippen LogP contribution is -2.33. The smallest absolute Gasteiger partial charge is 0.257 e. The molecule has 1 aliphatic rings. The zero-order valence-electron chi connectivity index (χ0n) is 15.5. The number of hydrogen-bond donors (Lipinski definition) is 1. The standard InChI is InChI=1S/C20H27N3O2S/c1-3-11-25-18-8-6-16(7-9-18)19(24)22-20-21-17(14-26-20)13-23-10-4-5-15(2)12-23/h6-9,14-15H,3-5,10-13H2,1-2H3,(H,21,22,24). The summed E-state index contributed by atoms with van der Waals surface area (Å²) in [5.41, 5.74) is 1.64. The van der Waals surface area contributed by atoms with Gasteiger partial charge in [0, 0.05) is 24.0 Å². The van der Waals surface area contributed by atoms with Crippen LogP contribution in [-0.2, 0) is 6.54 Å². The maximum Gasteiger partial charge on any atom is 0.257 e. The van der Waals surface area contributed by atoms with Crippen LogP contribution in [0.5, 0.6) is 5.75 Å². The van der Waals surface area contributed by atoms with Gasteiger partial charge in [0.15, 0.2) is 5.13 Å². The summed E-state index contributed by atoms with van der Waals surface area (Å²) >= 11 is 1.48. The van der Waals surface area contributed by atoms with Crippen molar-refractivity contribution in [2.75, 3.05) is 25.0 Å². The van der Waals surface area contributed by atoms with Crippen molar-refractivity contribution < 1.29 is 9.53 Å². The molecule has 1 aliphatic heterocycles. The van der Waals surface area contributed by atoms with Gasteiger partial charge in [0.1, 0.15) is 5.75 Å². The second kappa shape index (κ2) is 9.14. The van der Waals surface area contributed by atoms with Crippen molar-refractivity contribution in [3.05, 3.63) is 40.9 Å². The zero-order valence-corrected chi connectivity index (χ0v) is 16.3. The van der Waals surface area contributed by atoms with Crippen LogP contribution in [0.4, 0.5) is 5.13 Å². The number of nitrogens with one attached hydrogen (secondary N) is 1. The van der Waals surface area contributed by atoms with E-state index in [0.717, 1.165) is 43.4 Å². The Kier molecular flexibility index (Phi) is 6.63. The fourth-order valence-corrected chi connectivity index (χ4v) is 3.88. The molecule has 1 amide bonds. The summed E-state index contributed by atoms with van der Waals surface area (Å²) in [4.78, 5) is 19.4. The summed E-state index contributed by atoms with van der Waals surface area (Å²) in [6.45, 7) is 8.18. The van der Waals surface area contributed by atoms with E-state index in [1.54, 1.807) is 12.1 Å². The van der Waals surface area contributed by atoms with Crippen LogP contribution in [0.25, 0.3) is 0 Å². The summed E-state index contributed by atoms with van der Waals surface area (Å²) in [6, 6.07) is 7.22. The van der Waals surface area contributed by atoms with Gasteiger partial charge < -0.3 is 4.74 Å². The van der Waals surface area contributed by atoms with Gasteiger partial charge in [-0.05, 0) is 56.0 Å². The first-order chi connectivity index (χ1) is 12.6. The Morgan fingerprint density at radius 2 is 2.19 bits per heavy atom. The van der Waals surface area contributed by atoms with Crippen molar-refractivity contribution in [3.8, 4) is 5.75 Å². The zero-order chi connectivity index (χ0) is 18.4. The fourth-order valence-electron chi connectivity index (χ4n) is 3.19. The third kappa shape index (κ3) is 5.29. The van der Waals surface area contributed by atoms with Crippen molar-refractivity contribution in [1.29, 1.82) is 0 Å². The Labute approximate surface area is 159 Å². The first kappa shape index (κ1) is 18.9. The number of carbonyl (C=O) groups is 1. The maximum absolute atomic E-state index is 12.4. The van der Waals surface area contributed by atoms with Crippen molar-refractivity contribution in [1.82, 2.24) is 9.88 Å². The van der Waals surface area contributed by atoms with Gasteiger partial charge in [-0.1, -0.05) is 13.8 Å². The summed E-state index contributed by atoms with van der Waals surface area (Å²) in [6.07, 6.45) is 3.54. The van der Waals surface area contributed by atoms with Gasteiger partial charge in [0.05, 0.1) is 12.3 Å². The highest BCUT2D eigenvalue weighted by atomic mass is 32.1. The average molecular weight is 374 g/mol. The number of likely N-dealkylation sites (tertiary alicyclic amines) is 1. The summed E-state index contributed by atoms with van der Waals surface area (Å²) in [5, 5.41) is 5.59. The minimum absolute atomic E-state index is 0.139. The number of amides is 1. The number of nitrogens with zero attached hydrogens (tertiary/aromatic N) is 2. The lowest BCUT2D eigenvalue weighted by molar-refractivity contribution is 0.102. The fraction of sp³-hybridized carbons (Fsp3) is 0.500. The van der Waals surface area contributed by atoms with Gasteiger partial charge in [-0.2, -0.15) is 0 Å². The molecule has 2 heterocycles. The molecule has 1 aromatic heterocycles. The SMILES string of the molecule is CCCOc1ccc(C(=O)Nc2nc(CN3CCCC(C)C3)cs2)cc1. The second-order valence-corrected chi connectivity index (χ2v) is 7.81. The van der Waals surface area contributed by atoms with E-state index in [-0.39, 0.29) is 5.91 Å². The van der Waals surface area contributed by atoms with Crippen LogP contribution in [0.3, 0.4) is 0 Å². The highest BCUT2D eigenvalue weighted by molar-refractivity contribution is 7.13. The molecular formula is C20H27N3O2S. The highest BCUT2D eigenvalue weighted by Crippen LogP contribution is 2.21. The number of piperidine rings is 1. The van der Waals surface area contributed by atoms with Crippen LogP contribution in [-0.4, -0.2) is 35.5 Å². The van der Waals surface area contributed by atoms with Crippen molar-refractivity contribution in [2.24, 2.45) is 5.92 Å². The predicted octanol–water partition coefficient (Wildman–Crippen LogP) is 4.42. The number of benzene rings is 1. The molecule has 0 radical (unpaired) electrons. The largest absolute Gasteiger partial charge is 0.494 e. The molecule has 140 valence electrons. The third-order valence-corrected chi connectivity index (χ3v) is 5.29. The lowest BCUT2D eigenvalue weighted by atomic mass is 10.0. The molecule has 0 spiro atoms. The van der Waals surface area contributed by atoms with Gasteiger partial charge in [-0.3, -0.25) is 15.0 Å². The van der Waals surface area contributed by atoms with E-state index in [1.807, 2.05) is 17.5 Å². The molecule has 5 nitrogen and oxygen atoms in total. The monoisotopic (exact) mass is 373 g/mol. The van der Waals surface area contributed by atoms with Crippen LogP contribution in [0.2, 0.25) is 0 Å². The molecule has 3 rings (SSSR count). The van der Waals surface area contributed by atoms with Crippen molar-refractivity contribution in [2.45, 2.75) is 39.7 Å². The van der Waals surface area contributed by atoms with Crippen molar-refractivity contribution >= 4 is 22.4 Å². The minimum Gasteiger partial charge on any atom is -0.494 e. The van der Waals surface area contributed by atoms with Crippen LogP contribution in [0.1, 0.15) is 49.2 Å². The van der Waals surface area contributed by atoms with Gasteiger partial charge >= 0.3 is 0 Å². The maximum atomic E-state index is 12.4. The van der Waals surface area contributed by atoms with E-state index in [9.17, 15) is 4.79 Å². The van der Waals surface area contributed by atoms with E-state index in [4.69, 9.17) is 4.74 Å². The van der Waals surface area contributed by atoms with E-state index in [0.29, 0.717) is 17.3 Å². The van der Waals surface area contributed by atoms with E-state index >= 15 is 0 Å². The molecule has 2 aromatic rings. The third-order valence-electron chi connectivity index (χ3n) is 4.49. The van der Waals surface area contributed by atoms with Gasteiger partial charge in [0.25, 0.3) is 5.91 Å². The number of thiazole rings is 1. The predicted molar refractivity (Wildman–Crippen MR) is 106 cm³/mol. The normalized spacial score (nSPS) is 17.8. The minimum atomic E-state index is -0.139. The molecular weight excluding hydrogens is 346 g/mol. The molecule has 1 saturated heterocycles. The molecule has 1 unspecified atom stereocenters. The first-order valence-corrected chi connectivity index (χ1v) is 10.2. The number of aromatic nitrogens is 1. The Balaban J connectivity index is 1.54. The van der Waals surface area contributed by atoms with E-state index < -0.39 is 0 Å². The second-order valence-electron chi connectivity index (χ2n) is 6.95. The number of anilines is 1. The molecule has 1 aromatic carbocycles. The van der Waals surface area contributed by atoms with E-state index in [2.05, 4.69) is 29.0 Å². The molecule has 1 fully saturated rings. The van der Waals surface area contributed by atoms with E-state index in [1.165, 1.54) is 24.2 Å². The van der Waals surface area contributed by atoms with Crippen LogP contribution >= 0.6 is 11.3 Å². The Morgan fingerprint density at radius 1 is 1.38 bits per heavy atom. The van der Waals surface area contributed by atoms with Gasteiger partial charge in [0.2, 0.25) is 0 Å². The number of rotatable bonds is 7. The average Bonchev–Trinajstić information content (AvgIpc) is 3.07. The Morgan fingerprint density at radius 3 is 2.92 bits per heavy atom. The van der Waals surface area contributed by atoms with Crippen molar-refractivity contribution in [3.63, 3.8) is 0 Å². The Bertz CT molecular complexity index is 714. The topological polar surface area (TPSA) is 54.5 Å². The molecule has 0 aliphatic carbocycles. The molecule has 1 atom stereocenters. The summed E-state index contributed by atoms with van der Waals surface area (Å²) in [7, 11) is 0. The van der Waals surface area contributed by atoms with Crippen LogP contribution in [0.15, 0.2) is 29.6 Å². The van der Waals surface area contributed by atoms with Crippen LogP contribution in [0, 0.1) is 5.92 Å². The first-order valence-electron chi connectivity index (χ1n) is 9.35. The summed E-state index contributed by atoms with van der Waals surface area (Å²) < 4.78 is 5.54. The van der Waals surface area contributed by atoms with Gasteiger partial charge in [-0.15, -0.1) is 11.3 Å². The molecule has 26 heavy (non-hydrogen) atoms. The van der Waals surface area contributed by atoms with Gasteiger partial charge in [-0.25, -0.2) is 4.98 Å². The molecule has 1 N–H and O–H groups in total. The number of hydrogen-bond acceptors (Lipinski definition) is 5. The lowest BCUT2D eigenvalue weighted by Gasteiger charge is -2.30.